The maximum atomic E-state index is 9.21. The maximum absolute atomic E-state index is 9.21. The maximum Gasteiger partial charge on any atom is 0.103 e. The molecule has 2 heterocycles. The molecular weight excluding hydrogens is 242 g/mol. The highest BCUT2D eigenvalue weighted by Gasteiger charge is 2.11. The smallest absolute Gasteiger partial charge is 0.103 e. The van der Waals surface area contributed by atoms with Crippen LogP contribution in [0.4, 0.5) is 5.69 Å². The number of aromatic nitrogens is 1. The normalized spacial score (nSPS) is 11.9. The van der Waals surface area contributed by atoms with E-state index >= 15 is 0 Å². The largest absolute Gasteiger partial charge is 0.377 e. The first-order valence-corrected chi connectivity index (χ1v) is 6.73. The lowest BCUT2D eigenvalue weighted by molar-refractivity contribution is 0.886. The predicted molar refractivity (Wildman–Crippen MR) is 74.8 cm³/mol. The Balaban J connectivity index is 2.32. The molecular formula is C14H15N3S. The molecule has 1 unspecified atom stereocenters. The van der Waals surface area contributed by atoms with Gasteiger partial charge in [-0.1, -0.05) is 0 Å². The molecule has 0 aromatic carbocycles. The summed E-state index contributed by atoms with van der Waals surface area (Å²) in [6.07, 6.45) is 0. The van der Waals surface area contributed by atoms with Gasteiger partial charge in [0.25, 0.3) is 0 Å². The second-order valence-corrected chi connectivity index (χ2v) is 5.09. The Morgan fingerprint density at radius 3 is 2.83 bits per heavy atom. The minimum absolute atomic E-state index is 0.185. The number of pyridine rings is 1. The van der Waals surface area contributed by atoms with Gasteiger partial charge in [-0.25, -0.2) is 0 Å². The van der Waals surface area contributed by atoms with E-state index in [2.05, 4.69) is 40.1 Å². The summed E-state index contributed by atoms with van der Waals surface area (Å²) < 4.78 is 0. The molecule has 2 aromatic heterocycles. The Morgan fingerprint density at radius 2 is 2.22 bits per heavy atom. The second-order valence-electron chi connectivity index (χ2n) is 4.31. The third kappa shape index (κ3) is 2.52. The lowest BCUT2D eigenvalue weighted by Crippen LogP contribution is -2.08. The van der Waals surface area contributed by atoms with Crippen molar-refractivity contribution in [3.63, 3.8) is 0 Å². The first-order chi connectivity index (χ1) is 8.61. The average Bonchev–Trinajstić information content (AvgIpc) is 2.81. The highest BCUT2D eigenvalue weighted by Crippen LogP contribution is 2.25. The van der Waals surface area contributed by atoms with Gasteiger partial charge in [0.1, 0.15) is 6.07 Å². The van der Waals surface area contributed by atoms with Crippen molar-refractivity contribution < 1.29 is 0 Å². The van der Waals surface area contributed by atoms with Gasteiger partial charge < -0.3 is 5.32 Å². The summed E-state index contributed by atoms with van der Waals surface area (Å²) in [6, 6.07) is 6.42. The van der Waals surface area contributed by atoms with E-state index in [1.54, 1.807) is 11.3 Å². The van der Waals surface area contributed by atoms with Crippen LogP contribution in [0.5, 0.6) is 0 Å². The summed E-state index contributed by atoms with van der Waals surface area (Å²) in [4.78, 5) is 4.31. The van der Waals surface area contributed by atoms with Gasteiger partial charge in [0, 0.05) is 11.7 Å². The molecule has 3 nitrogen and oxygen atoms in total. The van der Waals surface area contributed by atoms with E-state index in [9.17, 15) is 5.26 Å². The summed E-state index contributed by atoms with van der Waals surface area (Å²) in [7, 11) is 0. The number of hydrogen-bond acceptors (Lipinski definition) is 4. The first kappa shape index (κ1) is 12.6. The van der Waals surface area contributed by atoms with Crippen molar-refractivity contribution in [1.29, 1.82) is 5.26 Å². The van der Waals surface area contributed by atoms with Crippen LogP contribution in [0.2, 0.25) is 0 Å². The number of hydrogen-bond donors (Lipinski definition) is 1. The second kappa shape index (κ2) is 5.19. The van der Waals surface area contributed by atoms with Gasteiger partial charge in [-0.05, 0) is 49.2 Å². The van der Waals surface area contributed by atoms with Crippen LogP contribution >= 0.6 is 11.3 Å². The summed E-state index contributed by atoms with van der Waals surface area (Å²) in [5, 5.41) is 16.8. The fourth-order valence-corrected chi connectivity index (χ4v) is 2.68. The highest BCUT2D eigenvalue weighted by atomic mass is 32.1. The minimum Gasteiger partial charge on any atom is -0.377 e. The van der Waals surface area contributed by atoms with Gasteiger partial charge >= 0.3 is 0 Å². The molecule has 2 aromatic rings. The van der Waals surface area contributed by atoms with E-state index < -0.39 is 0 Å². The van der Waals surface area contributed by atoms with Gasteiger partial charge in [0.05, 0.1) is 16.9 Å². The van der Waals surface area contributed by atoms with E-state index in [0.717, 1.165) is 17.1 Å². The van der Waals surface area contributed by atoms with Crippen LogP contribution in [0, 0.1) is 25.2 Å². The zero-order chi connectivity index (χ0) is 13.1. The number of nitrogens with zero attached hydrogens (tertiary/aromatic N) is 2. The topological polar surface area (TPSA) is 48.7 Å². The monoisotopic (exact) mass is 257 g/mol. The molecule has 0 aliphatic rings. The molecule has 0 saturated carbocycles. The van der Waals surface area contributed by atoms with E-state index in [1.807, 2.05) is 19.9 Å². The molecule has 0 radical (unpaired) electrons. The molecule has 0 aliphatic heterocycles. The average molecular weight is 257 g/mol. The molecule has 18 heavy (non-hydrogen) atoms. The molecule has 2 rings (SSSR count). The molecule has 92 valence electrons. The zero-order valence-electron chi connectivity index (χ0n) is 10.7. The standard InChI is InChI=1S/C14H15N3S/c1-9-6-14(13(7-15)11(3)16-9)17-10(2)12-4-5-18-8-12/h4-6,8,10H,1-3H3,(H,16,17). The van der Waals surface area contributed by atoms with Crippen molar-refractivity contribution in [3.05, 3.63) is 45.4 Å². The minimum atomic E-state index is 0.185. The molecule has 4 heteroatoms. The van der Waals surface area contributed by atoms with Gasteiger partial charge in [-0.2, -0.15) is 16.6 Å². The molecule has 0 fully saturated rings. The number of rotatable bonds is 3. The highest BCUT2D eigenvalue weighted by molar-refractivity contribution is 7.07. The van der Waals surface area contributed by atoms with Gasteiger partial charge in [0.15, 0.2) is 0 Å². The first-order valence-electron chi connectivity index (χ1n) is 5.78. The van der Waals surface area contributed by atoms with Crippen LogP contribution in [0.3, 0.4) is 0 Å². The van der Waals surface area contributed by atoms with Gasteiger partial charge in [-0.15, -0.1) is 0 Å². The van der Waals surface area contributed by atoms with E-state index in [1.165, 1.54) is 5.56 Å². The van der Waals surface area contributed by atoms with Crippen molar-refractivity contribution in [3.8, 4) is 6.07 Å². The Hall–Kier alpha value is -1.86. The molecule has 0 saturated heterocycles. The molecule has 0 bridgehead atoms. The van der Waals surface area contributed by atoms with Crippen LogP contribution in [-0.2, 0) is 0 Å². The Kier molecular flexibility index (Phi) is 3.63. The van der Waals surface area contributed by atoms with Crippen molar-refractivity contribution >= 4 is 17.0 Å². The van der Waals surface area contributed by atoms with Crippen molar-refractivity contribution in [2.75, 3.05) is 5.32 Å². The third-order valence-electron chi connectivity index (χ3n) is 2.86. The molecule has 0 amide bonds. The molecule has 1 N–H and O–H groups in total. The van der Waals surface area contributed by atoms with Crippen LogP contribution in [0.25, 0.3) is 0 Å². The van der Waals surface area contributed by atoms with E-state index in [0.29, 0.717) is 5.56 Å². The Morgan fingerprint density at radius 1 is 1.44 bits per heavy atom. The lowest BCUT2D eigenvalue weighted by atomic mass is 10.1. The van der Waals surface area contributed by atoms with Gasteiger partial charge in [0.2, 0.25) is 0 Å². The van der Waals surface area contributed by atoms with E-state index in [4.69, 9.17) is 0 Å². The van der Waals surface area contributed by atoms with Gasteiger partial charge in [-0.3, -0.25) is 4.98 Å². The summed E-state index contributed by atoms with van der Waals surface area (Å²) in [6.45, 7) is 5.90. The Labute approximate surface area is 111 Å². The predicted octanol–water partition coefficient (Wildman–Crippen LogP) is 3.80. The van der Waals surface area contributed by atoms with Crippen LogP contribution < -0.4 is 5.32 Å². The molecule has 1 atom stereocenters. The van der Waals surface area contributed by atoms with Crippen molar-refractivity contribution in [2.24, 2.45) is 0 Å². The number of anilines is 1. The number of nitrogens with one attached hydrogen (secondary N) is 1. The van der Waals surface area contributed by atoms with E-state index in [-0.39, 0.29) is 6.04 Å². The molecule has 0 spiro atoms. The number of thiophene rings is 1. The quantitative estimate of drug-likeness (QED) is 0.909. The third-order valence-corrected chi connectivity index (χ3v) is 3.56. The fourth-order valence-electron chi connectivity index (χ4n) is 1.92. The van der Waals surface area contributed by atoms with Crippen molar-refractivity contribution in [1.82, 2.24) is 4.98 Å². The number of nitriles is 1. The van der Waals surface area contributed by atoms with Crippen LogP contribution in [-0.4, -0.2) is 4.98 Å². The SMILES string of the molecule is Cc1cc(NC(C)c2ccsc2)c(C#N)c(C)n1. The summed E-state index contributed by atoms with van der Waals surface area (Å²) >= 11 is 1.68. The Bertz CT molecular complexity index is 582. The van der Waals surface area contributed by atoms with Crippen LogP contribution in [0.15, 0.2) is 22.9 Å². The lowest BCUT2D eigenvalue weighted by Gasteiger charge is -2.16. The molecule has 0 aliphatic carbocycles. The zero-order valence-corrected chi connectivity index (χ0v) is 11.5. The summed E-state index contributed by atoms with van der Waals surface area (Å²) in [5.74, 6) is 0. The van der Waals surface area contributed by atoms with Crippen molar-refractivity contribution in [2.45, 2.75) is 26.8 Å². The fraction of sp³-hybridized carbons (Fsp3) is 0.286. The van der Waals surface area contributed by atoms with Crippen LogP contribution in [0.1, 0.15) is 35.5 Å². The summed E-state index contributed by atoms with van der Waals surface area (Å²) in [5.41, 5.74) is 4.42. The number of aryl methyl sites for hydroxylation is 2.